The van der Waals surface area contributed by atoms with E-state index in [1.165, 1.54) is 19.1 Å². The van der Waals surface area contributed by atoms with Crippen molar-refractivity contribution in [2.75, 3.05) is 38.4 Å². The molecule has 1 fully saturated rings. The highest BCUT2D eigenvalue weighted by atomic mass is 32.2. The zero-order valence-corrected chi connectivity index (χ0v) is 22.8. The van der Waals surface area contributed by atoms with Gasteiger partial charge in [0, 0.05) is 38.4 Å². The van der Waals surface area contributed by atoms with Crippen LogP contribution in [0.5, 0.6) is 0 Å². The molecule has 36 heavy (non-hydrogen) atoms. The lowest BCUT2D eigenvalue weighted by Crippen LogP contribution is -2.40. The van der Waals surface area contributed by atoms with Crippen molar-refractivity contribution in [1.29, 1.82) is 0 Å². The Bertz CT molecular complexity index is 1230. The molecule has 0 aliphatic carbocycles. The molecule has 3 aromatic heterocycles. The molecule has 4 rings (SSSR count). The van der Waals surface area contributed by atoms with Crippen molar-refractivity contribution in [2.45, 2.75) is 64.0 Å². The van der Waals surface area contributed by atoms with E-state index in [9.17, 15) is 8.42 Å². The van der Waals surface area contributed by atoms with Crippen molar-refractivity contribution in [3.8, 4) is 11.4 Å². The summed E-state index contributed by atoms with van der Waals surface area (Å²) in [5.41, 5.74) is 11.0. The number of sulfone groups is 1. The summed E-state index contributed by atoms with van der Waals surface area (Å²) in [5.74, 6) is 0.287. The molecule has 8 nitrogen and oxygen atoms in total. The van der Waals surface area contributed by atoms with Crippen LogP contribution in [0.15, 0.2) is 30.3 Å². The number of hydrogen-bond donors (Lipinski definition) is 2. The second kappa shape index (κ2) is 12.7. The standard InChI is InChI=1S/C21H26N4O3S.C6H14O/c1-3-4-15-13-19-16(23-15)5-6-17(24-19)18-11-14(12-20(22)25-18)21(29(2,26)27)7-9-28-10-8-21;1-3-5-6-7-4-2/h5-6,11-13,23H,3-4,7-10H2,1-2H3,(H2,22,25);3-6H2,1-2H3. The van der Waals surface area contributed by atoms with E-state index in [2.05, 4.69) is 23.8 Å². The van der Waals surface area contributed by atoms with Crippen molar-refractivity contribution >= 4 is 26.7 Å². The summed E-state index contributed by atoms with van der Waals surface area (Å²) < 4.78 is 35.0. The fourth-order valence-corrected chi connectivity index (χ4v) is 5.98. The number of unbranched alkanes of at least 4 members (excludes halogenated alkanes) is 1. The van der Waals surface area contributed by atoms with Crippen LogP contribution in [0.25, 0.3) is 22.4 Å². The number of anilines is 1. The summed E-state index contributed by atoms with van der Waals surface area (Å²) in [6.07, 6.45) is 6.54. The number of nitrogens with one attached hydrogen (secondary N) is 1. The zero-order valence-electron chi connectivity index (χ0n) is 22.0. The number of hydrogen-bond acceptors (Lipinski definition) is 7. The third-order valence-corrected chi connectivity index (χ3v) is 8.60. The van der Waals surface area contributed by atoms with Crippen LogP contribution < -0.4 is 5.73 Å². The second-order valence-corrected chi connectivity index (χ2v) is 11.6. The summed E-state index contributed by atoms with van der Waals surface area (Å²) in [4.78, 5) is 12.6. The number of rotatable bonds is 9. The molecule has 1 aliphatic rings. The minimum Gasteiger partial charge on any atom is -0.384 e. The van der Waals surface area contributed by atoms with Crippen LogP contribution in [0, 0.1) is 0 Å². The van der Waals surface area contributed by atoms with Gasteiger partial charge in [-0.15, -0.1) is 0 Å². The Morgan fingerprint density at radius 2 is 1.81 bits per heavy atom. The molecule has 0 atom stereocenters. The maximum atomic E-state index is 12.8. The topological polar surface area (TPSA) is 120 Å². The molecule has 9 heteroatoms. The molecule has 3 N–H and O–H groups in total. The number of ether oxygens (including phenoxy) is 2. The Labute approximate surface area is 214 Å². The molecule has 0 amide bonds. The number of pyridine rings is 2. The number of aromatic amines is 1. The molecule has 1 saturated heterocycles. The summed E-state index contributed by atoms with van der Waals surface area (Å²) in [5, 5.41) is 0. The summed E-state index contributed by atoms with van der Waals surface area (Å²) >= 11 is 0. The Morgan fingerprint density at radius 1 is 1.06 bits per heavy atom. The van der Waals surface area contributed by atoms with Gasteiger partial charge in [0.2, 0.25) is 0 Å². The number of nitrogen functional groups attached to an aromatic ring is 1. The molecule has 198 valence electrons. The predicted octanol–water partition coefficient (Wildman–Crippen LogP) is 5.03. The summed E-state index contributed by atoms with van der Waals surface area (Å²) in [7, 11) is -3.38. The van der Waals surface area contributed by atoms with Crippen LogP contribution >= 0.6 is 0 Å². The van der Waals surface area contributed by atoms with Crippen molar-refractivity contribution in [1.82, 2.24) is 15.0 Å². The number of fused-ring (bicyclic) bond motifs is 1. The predicted molar refractivity (Wildman–Crippen MR) is 146 cm³/mol. The van der Waals surface area contributed by atoms with E-state index in [-0.39, 0.29) is 5.82 Å². The maximum absolute atomic E-state index is 12.8. The Kier molecular flexibility index (Phi) is 9.87. The Hall–Kier alpha value is -2.49. The van der Waals surface area contributed by atoms with Gasteiger partial charge < -0.3 is 20.2 Å². The summed E-state index contributed by atoms with van der Waals surface area (Å²) in [6, 6.07) is 9.39. The third kappa shape index (κ3) is 6.63. The first-order valence-electron chi connectivity index (χ1n) is 12.9. The lowest BCUT2D eigenvalue weighted by atomic mass is 9.90. The smallest absolute Gasteiger partial charge is 0.157 e. The van der Waals surface area contributed by atoms with Crippen LogP contribution in [-0.2, 0) is 30.5 Å². The highest BCUT2D eigenvalue weighted by Crippen LogP contribution is 2.41. The molecule has 0 saturated carbocycles. The normalized spacial score (nSPS) is 15.4. The molecule has 1 aliphatic heterocycles. The Morgan fingerprint density at radius 3 is 2.44 bits per heavy atom. The quantitative estimate of drug-likeness (QED) is 0.383. The minimum atomic E-state index is -3.38. The minimum absolute atomic E-state index is 0.287. The molecule has 0 radical (unpaired) electrons. The lowest BCUT2D eigenvalue weighted by molar-refractivity contribution is 0.0742. The van der Waals surface area contributed by atoms with Gasteiger partial charge in [-0.1, -0.05) is 26.7 Å². The van der Waals surface area contributed by atoms with Gasteiger partial charge in [0.05, 0.1) is 22.4 Å². The van der Waals surface area contributed by atoms with Gasteiger partial charge in [0.25, 0.3) is 0 Å². The van der Waals surface area contributed by atoms with Crippen molar-refractivity contribution in [3.63, 3.8) is 0 Å². The molecular formula is C27H40N4O4S. The van der Waals surface area contributed by atoms with Gasteiger partial charge in [0.1, 0.15) is 10.6 Å². The summed E-state index contributed by atoms with van der Waals surface area (Å²) in [6.45, 7) is 8.93. The van der Waals surface area contributed by atoms with E-state index in [4.69, 9.17) is 20.2 Å². The van der Waals surface area contributed by atoms with E-state index in [0.29, 0.717) is 43.0 Å². The first-order chi connectivity index (χ1) is 17.2. The average molecular weight is 517 g/mol. The van der Waals surface area contributed by atoms with Crippen LogP contribution in [0.2, 0.25) is 0 Å². The number of aromatic nitrogens is 3. The molecule has 0 bridgehead atoms. The van der Waals surface area contributed by atoms with E-state index in [1.54, 1.807) is 6.07 Å². The first kappa shape index (κ1) is 28.1. The van der Waals surface area contributed by atoms with Crippen LogP contribution in [0.1, 0.15) is 64.1 Å². The van der Waals surface area contributed by atoms with Crippen LogP contribution in [0.4, 0.5) is 5.82 Å². The number of H-pyrrole nitrogens is 1. The first-order valence-corrected chi connectivity index (χ1v) is 14.7. The SMILES string of the molecule is CCCCOCC.CCCc1cc2nc(-c3cc(C4(S(C)(=O)=O)CCOCC4)cc(N)n3)ccc2[nH]1. The highest BCUT2D eigenvalue weighted by Gasteiger charge is 2.44. The highest BCUT2D eigenvalue weighted by molar-refractivity contribution is 7.91. The van der Waals surface area contributed by atoms with Crippen LogP contribution in [0.3, 0.4) is 0 Å². The average Bonchev–Trinajstić information content (AvgIpc) is 3.26. The Balaban J connectivity index is 0.000000454. The van der Waals surface area contributed by atoms with Gasteiger partial charge in [-0.3, -0.25) is 0 Å². The van der Waals surface area contributed by atoms with Crippen molar-refractivity contribution in [2.24, 2.45) is 0 Å². The maximum Gasteiger partial charge on any atom is 0.157 e. The zero-order chi connectivity index (χ0) is 26.2. The molecule has 3 aromatic rings. The fraction of sp³-hybridized carbons (Fsp3) is 0.556. The van der Waals surface area contributed by atoms with Gasteiger partial charge >= 0.3 is 0 Å². The van der Waals surface area contributed by atoms with E-state index in [1.807, 2.05) is 31.2 Å². The van der Waals surface area contributed by atoms with Gasteiger partial charge in [-0.25, -0.2) is 18.4 Å². The molecular weight excluding hydrogens is 476 g/mol. The lowest BCUT2D eigenvalue weighted by Gasteiger charge is -2.36. The second-order valence-electron chi connectivity index (χ2n) is 9.27. The van der Waals surface area contributed by atoms with Crippen LogP contribution in [-0.4, -0.2) is 56.1 Å². The van der Waals surface area contributed by atoms with Gasteiger partial charge in [-0.2, -0.15) is 0 Å². The number of nitrogens with zero attached hydrogens (tertiary/aromatic N) is 2. The molecule has 4 heterocycles. The van der Waals surface area contributed by atoms with E-state index in [0.717, 1.165) is 42.8 Å². The van der Waals surface area contributed by atoms with Crippen molar-refractivity contribution in [3.05, 3.63) is 41.6 Å². The van der Waals surface area contributed by atoms with E-state index < -0.39 is 14.6 Å². The van der Waals surface area contributed by atoms with Gasteiger partial charge in [0.15, 0.2) is 9.84 Å². The van der Waals surface area contributed by atoms with E-state index >= 15 is 0 Å². The van der Waals surface area contributed by atoms with Crippen molar-refractivity contribution < 1.29 is 17.9 Å². The molecule has 0 unspecified atom stereocenters. The monoisotopic (exact) mass is 516 g/mol. The largest absolute Gasteiger partial charge is 0.384 e. The van der Waals surface area contributed by atoms with Gasteiger partial charge in [-0.05, 0) is 68.5 Å². The molecule has 0 aromatic carbocycles. The number of aryl methyl sites for hydroxylation is 1. The third-order valence-electron chi connectivity index (χ3n) is 6.54. The number of nitrogens with two attached hydrogens (primary N) is 1. The molecule has 0 spiro atoms. The fourth-order valence-electron chi connectivity index (χ4n) is 4.52.